The Morgan fingerprint density at radius 2 is 1.81 bits per heavy atom. The Balaban J connectivity index is 1.88. The Kier molecular flexibility index (Phi) is 4.50. The van der Waals surface area contributed by atoms with Crippen LogP contribution in [0.2, 0.25) is 0 Å². The molecule has 0 heterocycles. The standard InChI is InChI=1S/C16H22N2O3/c1-9-5-4-6-10(2)14(9)17-11(3)15(19)18-13-7-12(8-13)16(20)21/h4-6,11-13,17H,7-8H2,1-3H3,(H,18,19)(H,20,21)/t11-,12?,13?/m1/s1. The van der Waals surface area contributed by atoms with Gasteiger partial charge in [-0.1, -0.05) is 18.2 Å². The summed E-state index contributed by atoms with van der Waals surface area (Å²) in [7, 11) is 0. The fraction of sp³-hybridized carbons (Fsp3) is 0.500. The molecule has 3 N–H and O–H groups in total. The molecule has 0 spiro atoms. The van der Waals surface area contributed by atoms with Crippen LogP contribution in [0.3, 0.4) is 0 Å². The molecule has 1 atom stereocenters. The molecule has 1 saturated carbocycles. The van der Waals surface area contributed by atoms with E-state index >= 15 is 0 Å². The van der Waals surface area contributed by atoms with Crippen LogP contribution in [0.1, 0.15) is 30.9 Å². The number of para-hydroxylation sites is 1. The van der Waals surface area contributed by atoms with Gasteiger partial charge in [-0.05, 0) is 44.7 Å². The van der Waals surface area contributed by atoms with Crippen LogP contribution in [-0.4, -0.2) is 29.1 Å². The zero-order valence-electron chi connectivity index (χ0n) is 12.6. The average Bonchev–Trinajstić information content (AvgIpc) is 2.36. The van der Waals surface area contributed by atoms with Gasteiger partial charge < -0.3 is 15.7 Å². The van der Waals surface area contributed by atoms with Crippen molar-refractivity contribution in [1.82, 2.24) is 5.32 Å². The van der Waals surface area contributed by atoms with Crippen molar-refractivity contribution >= 4 is 17.6 Å². The van der Waals surface area contributed by atoms with Crippen LogP contribution in [0.4, 0.5) is 5.69 Å². The largest absolute Gasteiger partial charge is 0.481 e. The Morgan fingerprint density at radius 1 is 1.24 bits per heavy atom. The topological polar surface area (TPSA) is 78.4 Å². The van der Waals surface area contributed by atoms with Crippen LogP contribution in [0.25, 0.3) is 0 Å². The first-order chi connectivity index (χ1) is 9.88. The summed E-state index contributed by atoms with van der Waals surface area (Å²) in [6.45, 7) is 5.82. The highest BCUT2D eigenvalue weighted by molar-refractivity contribution is 5.85. The van der Waals surface area contributed by atoms with Crippen LogP contribution in [-0.2, 0) is 9.59 Å². The minimum Gasteiger partial charge on any atom is -0.481 e. The Morgan fingerprint density at radius 3 is 2.33 bits per heavy atom. The summed E-state index contributed by atoms with van der Waals surface area (Å²) in [6, 6.07) is 5.63. The lowest BCUT2D eigenvalue weighted by Gasteiger charge is -2.33. The van der Waals surface area contributed by atoms with E-state index in [0.29, 0.717) is 12.8 Å². The molecular weight excluding hydrogens is 268 g/mol. The number of hydrogen-bond acceptors (Lipinski definition) is 3. The molecule has 1 aromatic rings. The third-order valence-electron chi connectivity index (χ3n) is 4.07. The molecule has 5 heteroatoms. The summed E-state index contributed by atoms with van der Waals surface area (Å²) in [5.74, 6) is -1.18. The van der Waals surface area contributed by atoms with Crippen molar-refractivity contribution in [3.63, 3.8) is 0 Å². The molecule has 0 bridgehead atoms. The molecular formula is C16H22N2O3. The van der Waals surface area contributed by atoms with Gasteiger partial charge in [-0.25, -0.2) is 0 Å². The summed E-state index contributed by atoms with van der Waals surface area (Å²) < 4.78 is 0. The van der Waals surface area contributed by atoms with Gasteiger partial charge in [0.05, 0.1) is 5.92 Å². The number of benzene rings is 1. The van der Waals surface area contributed by atoms with E-state index in [1.165, 1.54) is 0 Å². The molecule has 0 saturated heterocycles. The fourth-order valence-electron chi connectivity index (χ4n) is 2.59. The van der Waals surface area contributed by atoms with E-state index in [1.807, 2.05) is 39.0 Å². The van der Waals surface area contributed by atoms with Crippen molar-refractivity contribution in [2.75, 3.05) is 5.32 Å². The second-order valence-electron chi connectivity index (χ2n) is 5.84. The summed E-state index contributed by atoms with van der Waals surface area (Å²) in [5, 5.41) is 15.0. The van der Waals surface area contributed by atoms with Crippen LogP contribution < -0.4 is 10.6 Å². The lowest BCUT2D eigenvalue weighted by Crippen LogP contribution is -2.50. The molecule has 0 aromatic heterocycles. The molecule has 1 aliphatic carbocycles. The molecule has 1 aliphatic rings. The maximum atomic E-state index is 12.1. The number of aryl methyl sites for hydroxylation is 2. The highest BCUT2D eigenvalue weighted by atomic mass is 16.4. The minimum absolute atomic E-state index is 0.0131. The van der Waals surface area contributed by atoms with Crippen molar-refractivity contribution in [3.05, 3.63) is 29.3 Å². The normalized spacial score (nSPS) is 22.0. The van der Waals surface area contributed by atoms with Crippen molar-refractivity contribution in [2.45, 2.75) is 45.7 Å². The first kappa shape index (κ1) is 15.4. The average molecular weight is 290 g/mol. The van der Waals surface area contributed by atoms with Crippen molar-refractivity contribution in [2.24, 2.45) is 5.92 Å². The van der Waals surface area contributed by atoms with Gasteiger partial charge in [0.15, 0.2) is 0 Å². The van der Waals surface area contributed by atoms with E-state index in [2.05, 4.69) is 10.6 Å². The van der Waals surface area contributed by atoms with Gasteiger partial charge in [-0.2, -0.15) is 0 Å². The van der Waals surface area contributed by atoms with Gasteiger partial charge in [-0.3, -0.25) is 9.59 Å². The van der Waals surface area contributed by atoms with Gasteiger partial charge >= 0.3 is 5.97 Å². The van der Waals surface area contributed by atoms with Gasteiger partial charge in [-0.15, -0.1) is 0 Å². The van der Waals surface area contributed by atoms with Crippen LogP contribution >= 0.6 is 0 Å². The van der Waals surface area contributed by atoms with E-state index < -0.39 is 5.97 Å². The Hall–Kier alpha value is -2.04. The van der Waals surface area contributed by atoms with Crippen LogP contribution in [0.5, 0.6) is 0 Å². The monoisotopic (exact) mass is 290 g/mol. The highest BCUT2D eigenvalue weighted by Crippen LogP contribution is 2.27. The molecule has 0 unspecified atom stereocenters. The number of anilines is 1. The van der Waals surface area contributed by atoms with Crippen LogP contribution in [0, 0.1) is 19.8 Å². The third-order valence-corrected chi connectivity index (χ3v) is 4.07. The number of carbonyl (C=O) groups excluding carboxylic acids is 1. The van der Waals surface area contributed by atoms with Gasteiger partial charge in [0, 0.05) is 11.7 Å². The second-order valence-corrected chi connectivity index (χ2v) is 5.84. The predicted molar refractivity (Wildman–Crippen MR) is 81.3 cm³/mol. The SMILES string of the molecule is Cc1cccc(C)c1N[C@H](C)C(=O)NC1CC(C(=O)O)C1. The Bertz CT molecular complexity index is 530. The predicted octanol–water partition coefficient (Wildman–Crippen LogP) is 2.08. The first-order valence-corrected chi connectivity index (χ1v) is 7.24. The number of carboxylic acid groups (broad SMARTS) is 1. The summed E-state index contributed by atoms with van der Waals surface area (Å²) in [5.41, 5.74) is 3.19. The number of amides is 1. The second kappa shape index (κ2) is 6.16. The molecule has 114 valence electrons. The van der Waals surface area contributed by atoms with Crippen LogP contribution in [0.15, 0.2) is 18.2 Å². The highest BCUT2D eigenvalue weighted by Gasteiger charge is 2.35. The van der Waals surface area contributed by atoms with E-state index in [9.17, 15) is 9.59 Å². The lowest BCUT2D eigenvalue weighted by molar-refractivity contribution is -0.146. The van der Waals surface area contributed by atoms with E-state index in [1.54, 1.807) is 0 Å². The number of carbonyl (C=O) groups is 2. The number of hydrogen-bond donors (Lipinski definition) is 3. The number of carboxylic acids is 1. The quantitative estimate of drug-likeness (QED) is 0.776. The molecule has 0 radical (unpaired) electrons. The molecule has 5 nitrogen and oxygen atoms in total. The van der Waals surface area contributed by atoms with E-state index in [0.717, 1.165) is 16.8 Å². The fourth-order valence-corrected chi connectivity index (χ4v) is 2.59. The number of nitrogens with one attached hydrogen (secondary N) is 2. The third kappa shape index (κ3) is 3.54. The summed E-state index contributed by atoms with van der Waals surface area (Å²) >= 11 is 0. The van der Waals surface area contributed by atoms with Gasteiger partial charge in [0.1, 0.15) is 6.04 Å². The Labute approximate surface area is 124 Å². The number of aliphatic carboxylic acids is 1. The maximum Gasteiger partial charge on any atom is 0.306 e. The summed E-state index contributed by atoms with van der Waals surface area (Å²) in [4.78, 5) is 22.9. The number of rotatable bonds is 5. The van der Waals surface area contributed by atoms with Crippen molar-refractivity contribution in [1.29, 1.82) is 0 Å². The molecule has 1 aromatic carbocycles. The summed E-state index contributed by atoms with van der Waals surface area (Å²) in [6.07, 6.45) is 1.05. The van der Waals surface area contributed by atoms with E-state index in [4.69, 9.17) is 5.11 Å². The minimum atomic E-state index is -0.776. The first-order valence-electron chi connectivity index (χ1n) is 7.24. The van der Waals surface area contributed by atoms with Crippen molar-refractivity contribution < 1.29 is 14.7 Å². The molecule has 21 heavy (non-hydrogen) atoms. The molecule has 1 amide bonds. The van der Waals surface area contributed by atoms with Gasteiger partial charge in [0.25, 0.3) is 0 Å². The zero-order valence-corrected chi connectivity index (χ0v) is 12.6. The molecule has 0 aliphatic heterocycles. The maximum absolute atomic E-state index is 12.1. The smallest absolute Gasteiger partial charge is 0.306 e. The van der Waals surface area contributed by atoms with E-state index in [-0.39, 0.29) is 23.9 Å². The van der Waals surface area contributed by atoms with Gasteiger partial charge in [0.2, 0.25) is 5.91 Å². The molecule has 2 rings (SSSR count). The lowest BCUT2D eigenvalue weighted by atomic mass is 9.80. The molecule has 1 fully saturated rings. The van der Waals surface area contributed by atoms with Crippen molar-refractivity contribution in [3.8, 4) is 0 Å². The zero-order chi connectivity index (χ0) is 15.6.